The SMILES string of the molecule is CCCOC(=O)c1cc(S(=O)(=O)CCCOC)ccc1N. The molecule has 0 saturated heterocycles. The zero-order valence-corrected chi connectivity index (χ0v) is 13.1. The Morgan fingerprint density at radius 1 is 1.29 bits per heavy atom. The van der Waals surface area contributed by atoms with Gasteiger partial charge in [0.1, 0.15) is 0 Å². The van der Waals surface area contributed by atoms with Crippen molar-refractivity contribution < 1.29 is 22.7 Å². The molecule has 0 heterocycles. The van der Waals surface area contributed by atoms with E-state index in [9.17, 15) is 13.2 Å². The third kappa shape index (κ3) is 5.02. The first-order valence-electron chi connectivity index (χ1n) is 6.70. The number of sulfone groups is 1. The van der Waals surface area contributed by atoms with E-state index in [0.29, 0.717) is 19.4 Å². The van der Waals surface area contributed by atoms with Crippen molar-refractivity contribution in [3.63, 3.8) is 0 Å². The molecule has 6 nitrogen and oxygen atoms in total. The molecule has 0 amide bonds. The van der Waals surface area contributed by atoms with Crippen molar-refractivity contribution in [2.75, 3.05) is 31.8 Å². The highest BCUT2D eigenvalue weighted by molar-refractivity contribution is 7.91. The maximum Gasteiger partial charge on any atom is 0.340 e. The number of esters is 1. The van der Waals surface area contributed by atoms with Crippen molar-refractivity contribution in [3.8, 4) is 0 Å². The lowest BCUT2D eigenvalue weighted by Gasteiger charge is -2.09. The zero-order chi connectivity index (χ0) is 15.9. The van der Waals surface area contributed by atoms with E-state index in [0.717, 1.165) is 0 Å². The second-order valence-corrected chi connectivity index (χ2v) is 6.66. The smallest absolute Gasteiger partial charge is 0.340 e. The van der Waals surface area contributed by atoms with Gasteiger partial charge in [-0.05, 0) is 31.0 Å². The molecule has 7 heteroatoms. The normalized spacial score (nSPS) is 11.3. The topological polar surface area (TPSA) is 95.7 Å². The Labute approximate surface area is 125 Å². The Kier molecular flexibility index (Phi) is 6.64. The summed E-state index contributed by atoms with van der Waals surface area (Å²) >= 11 is 0. The van der Waals surface area contributed by atoms with E-state index in [2.05, 4.69) is 0 Å². The standard InChI is InChI=1S/C14H21NO5S/c1-3-7-20-14(16)12-10-11(5-6-13(12)15)21(17,18)9-4-8-19-2/h5-6,10H,3-4,7-9,15H2,1-2H3. The average Bonchev–Trinajstić information content (AvgIpc) is 2.45. The summed E-state index contributed by atoms with van der Waals surface area (Å²) in [6, 6.07) is 4.08. The summed E-state index contributed by atoms with van der Waals surface area (Å²) in [4.78, 5) is 11.9. The fraction of sp³-hybridized carbons (Fsp3) is 0.500. The molecule has 0 radical (unpaired) electrons. The molecule has 0 aliphatic rings. The number of hydrogen-bond acceptors (Lipinski definition) is 6. The summed E-state index contributed by atoms with van der Waals surface area (Å²) in [5, 5.41) is 0. The van der Waals surface area contributed by atoms with Crippen molar-refractivity contribution in [1.82, 2.24) is 0 Å². The predicted octanol–water partition coefficient (Wildman–Crippen LogP) is 1.65. The van der Waals surface area contributed by atoms with Gasteiger partial charge in [0.15, 0.2) is 9.84 Å². The molecule has 1 rings (SSSR count). The van der Waals surface area contributed by atoms with Gasteiger partial charge in [-0.2, -0.15) is 0 Å². The minimum Gasteiger partial charge on any atom is -0.462 e. The summed E-state index contributed by atoms with van der Waals surface area (Å²) in [5.74, 6) is -0.655. The highest BCUT2D eigenvalue weighted by Gasteiger charge is 2.19. The van der Waals surface area contributed by atoms with Gasteiger partial charge < -0.3 is 15.2 Å². The van der Waals surface area contributed by atoms with E-state index in [1.165, 1.54) is 25.3 Å². The third-order valence-electron chi connectivity index (χ3n) is 2.80. The molecule has 0 atom stereocenters. The number of nitrogens with two attached hydrogens (primary N) is 1. The number of carbonyl (C=O) groups is 1. The van der Waals surface area contributed by atoms with Crippen molar-refractivity contribution in [1.29, 1.82) is 0 Å². The van der Waals surface area contributed by atoms with Gasteiger partial charge in [0.05, 0.1) is 22.8 Å². The first-order valence-corrected chi connectivity index (χ1v) is 8.36. The predicted molar refractivity (Wildman–Crippen MR) is 80.0 cm³/mol. The average molecular weight is 315 g/mol. The van der Waals surface area contributed by atoms with Crippen molar-refractivity contribution >= 4 is 21.5 Å². The molecular weight excluding hydrogens is 294 g/mol. The molecule has 0 fully saturated rings. The van der Waals surface area contributed by atoms with Gasteiger partial charge in [0, 0.05) is 19.4 Å². The Bertz CT molecular complexity index is 583. The second-order valence-electron chi connectivity index (χ2n) is 4.55. The van der Waals surface area contributed by atoms with Crippen LogP contribution in [0.1, 0.15) is 30.1 Å². The number of carbonyl (C=O) groups excluding carboxylic acids is 1. The Hall–Kier alpha value is -1.60. The van der Waals surface area contributed by atoms with Crippen LogP contribution >= 0.6 is 0 Å². The number of anilines is 1. The Morgan fingerprint density at radius 3 is 2.62 bits per heavy atom. The number of rotatable bonds is 8. The van der Waals surface area contributed by atoms with Crippen LogP contribution in [0.15, 0.2) is 23.1 Å². The molecule has 0 aliphatic heterocycles. The van der Waals surface area contributed by atoms with Crippen LogP contribution in [0.3, 0.4) is 0 Å². The lowest BCUT2D eigenvalue weighted by Crippen LogP contribution is -2.13. The van der Waals surface area contributed by atoms with Crippen molar-refractivity contribution in [3.05, 3.63) is 23.8 Å². The minimum atomic E-state index is -3.47. The quantitative estimate of drug-likeness (QED) is 0.445. The first-order chi connectivity index (χ1) is 9.92. The van der Waals surface area contributed by atoms with Crippen LogP contribution in [0.2, 0.25) is 0 Å². The highest BCUT2D eigenvalue weighted by atomic mass is 32.2. The fourth-order valence-corrected chi connectivity index (χ4v) is 3.00. The molecule has 118 valence electrons. The maximum atomic E-state index is 12.2. The molecule has 21 heavy (non-hydrogen) atoms. The van der Waals surface area contributed by atoms with Gasteiger partial charge in [-0.15, -0.1) is 0 Å². The van der Waals surface area contributed by atoms with E-state index in [4.69, 9.17) is 15.2 Å². The third-order valence-corrected chi connectivity index (χ3v) is 4.60. The van der Waals surface area contributed by atoms with Gasteiger partial charge in [0.2, 0.25) is 0 Å². The van der Waals surface area contributed by atoms with Crippen molar-refractivity contribution in [2.45, 2.75) is 24.7 Å². The first kappa shape index (κ1) is 17.5. The summed E-state index contributed by atoms with van der Waals surface area (Å²) in [6.07, 6.45) is 1.07. The lowest BCUT2D eigenvalue weighted by atomic mass is 10.2. The largest absolute Gasteiger partial charge is 0.462 e. The van der Waals surface area contributed by atoms with Gasteiger partial charge in [-0.1, -0.05) is 6.92 Å². The zero-order valence-electron chi connectivity index (χ0n) is 12.3. The number of methoxy groups -OCH3 is 1. The highest BCUT2D eigenvalue weighted by Crippen LogP contribution is 2.20. The number of ether oxygens (including phenoxy) is 2. The van der Waals surface area contributed by atoms with Crippen LogP contribution in [-0.2, 0) is 19.3 Å². The van der Waals surface area contributed by atoms with Crippen LogP contribution in [0, 0.1) is 0 Å². The van der Waals surface area contributed by atoms with Crippen LogP contribution in [0.5, 0.6) is 0 Å². The molecule has 2 N–H and O–H groups in total. The minimum absolute atomic E-state index is 0.0474. The van der Waals surface area contributed by atoms with Gasteiger partial charge in [-0.25, -0.2) is 13.2 Å². The van der Waals surface area contributed by atoms with E-state index >= 15 is 0 Å². The van der Waals surface area contributed by atoms with Gasteiger partial charge >= 0.3 is 5.97 Å². The Morgan fingerprint density at radius 2 is 2.00 bits per heavy atom. The summed E-state index contributed by atoms with van der Waals surface area (Å²) in [5.41, 5.74) is 5.99. The number of nitrogen functional groups attached to an aromatic ring is 1. The van der Waals surface area contributed by atoms with E-state index in [1.807, 2.05) is 6.92 Å². The van der Waals surface area contributed by atoms with Crippen LogP contribution in [0.25, 0.3) is 0 Å². The fourth-order valence-electron chi connectivity index (χ4n) is 1.69. The molecule has 1 aromatic rings. The Balaban J connectivity index is 2.97. The van der Waals surface area contributed by atoms with E-state index < -0.39 is 15.8 Å². The second kappa shape index (κ2) is 7.99. The maximum absolute atomic E-state index is 12.2. The van der Waals surface area contributed by atoms with Crippen LogP contribution in [0.4, 0.5) is 5.69 Å². The van der Waals surface area contributed by atoms with Crippen molar-refractivity contribution in [2.24, 2.45) is 0 Å². The van der Waals surface area contributed by atoms with E-state index in [1.54, 1.807) is 0 Å². The number of hydrogen-bond donors (Lipinski definition) is 1. The molecule has 0 aromatic heterocycles. The van der Waals surface area contributed by atoms with Gasteiger partial charge in [0.25, 0.3) is 0 Å². The summed E-state index contributed by atoms with van der Waals surface area (Å²) < 4.78 is 34.1. The monoisotopic (exact) mass is 315 g/mol. The lowest BCUT2D eigenvalue weighted by molar-refractivity contribution is 0.0506. The van der Waals surface area contributed by atoms with Crippen LogP contribution in [-0.4, -0.2) is 40.5 Å². The molecular formula is C14H21NO5S. The summed E-state index contributed by atoms with van der Waals surface area (Å²) in [7, 11) is -1.96. The van der Waals surface area contributed by atoms with Crippen LogP contribution < -0.4 is 5.73 Å². The molecule has 0 spiro atoms. The molecule has 0 unspecified atom stereocenters. The number of benzene rings is 1. The molecule has 0 aliphatic carbocycles. The molecule has 0 saturated carbocycles. The molecule has 1 aromatic carbocycles. The van der Waals surface area contributed by atoms with E-state index in [-0.39, 0.29) is 28.5 Å². The summed E-state index contributed by atoms with van der Waals surface area (Å²) in [6.45, 7) is 2.50. The molecule has 0 bridgehead atoms. The van der Waals surface area contributed by atoms with Gasteiger partial charge in [-0.3, -0.25) is 0 Å².